The van der Waals surface area contributed by atoms with Gasteiger partial charge in [0.05, 0.1) is 11.3 Å². The molecule has 2 aromatic heterocycles. The second-order valence-corrected chi connectivity index (χ2v) is 4.62. The summed E-state index contributed by atoms with van der Waals surface area (Å²) in [6.45, 7) is 0. The van der Waals surface area contributed by atoms with Crippen molar-refractivity contribution in [2.24, 2.45) is 0 Å². The van der Waals surface area contributed by atoms with Crippen LogP contribution in [-0.4, -0.2) is 25.4 Å². The summed E-state index contributed by atoms with van der Waals surface area (Å²) < 4.78 is 39.7. The molecule has 0 saturated carbocycles. The molecule has 0 atom stereocenters. The molecule has 0 bridgehead atoms. The third-order valence-electron chi connectivity index (χ3n) is 3.10. The number of hydrogen-bond donors (Lipinski definition) is 2. The minimum atomic E-state index is -4.59. The van der Waals surface area contributed by atoms with Gasteiger partial charge >= 0.3 is 6.18 Å². The minimum Gasteiger partial charge on any atom is -0.506 e. The van der Waals surface area contributed by atoms with Crippen LogP contribution < -0.4 is 5.32 Å². The van der Waals surface area contributed by atoms with Crippen molar-refractivity contribution in [1.82, 2.24) is 14.4 Å². The standard InChI is InChI=1S/C14H9F3N4O2/c15-14(16,17)8-1-2-10(22)9(7-8)20-13(23)11-12-19-4-6-21(12)5-3-18-11/h1-7,22H,(H,20,23). The number of fused-ring (bicyclic) bond motifs is 1. The Bertz CT molecular complexity index is 889. The average molecular weight is 322 g/mol. The molecule has 0 spiro atoms. The van der Waals surface area contributed by atoms with Crippen LogP contribution in [-0.2, 0) is 6.18 Å². The molecule has 0 aliphatic carbocycles. The molecule has 23 heavy (non-hydrogen) atoms. The number of rotatable bonds is 2. The molecule has 6 nitrogen and oxygen atoms in total. The number of aromatic nitrogens is 3. The molecule has 9 heteroatoms. The summed E-state index contributed by atoms with van der Waals surface area (Å²) in [5.41, 5.74) is -1.18. The second-order valence-electron chi connectivity index (χ2n) is 4.62. The first kappa shape index (κ1) is 14.8. The highest BCUT2D eigenvalue weighted by molar-refractivity contribution is 6.07. The number of carbonyl (C=O) groups is 1. The van der Waals surface area contributed by atoms with Crippen LogP contribution in [0.5, 0.6) is 5.75 Å². The van der Waals surface area contributed by atoms with Crippen molar-refractivity contribution >= 4 is 17.2 Å². The lowest BCUT2D eigenvalue weighted by Crippen LogP contribution is -2.16. The molecule has 1 amide bonds. The fraction of sp³-hybridized carbons (Fsp3) is 0.0714. The highest BCUT2D eigenvalue weighted by Gasteiger charge is 2.31. The van der Waals surface area contributed by atoms with E-state index in [1.165, 1.54) is 16.8 Å². The first-order valence-electron chi connectivity index (χ1n) is 6.35. The van der Waals surface area contributed by atoms with Gasteiger partial charge in [-0.05, 0) is 18.2 Å². The van der Waals surface area contributed by atoms with E-state index in [0.717, 1.165) is 12.1 Å². The molecule has 2 heterocycles. The van der Waals surface area contributed by atoms with Crippen LogP contribution >= 0.6 is 0 Å². The average Bonchev–Trinajstić information content (AvgIpc) is 2.96. The Balaban J connectivity index is 1.96. The smallest absolute Gasteiger partial charge is 0.416 e. The number of imidazole rings is 1. The third kappa shape index (κ3) is 2.80. The first-order chi connectivity index (χ1) is 10.9. The minimum absolute atomic E-state index is 0.0747. The molecule has 2 N–H and O–H groups in total. The SMILES string of the molecule is O=C(Nc1cc(C(F)(F)F)ccc1O)c1nccn2ccnc12. The van der Waals surface area contributed by atoms with Gasteiger partial charge in [0.25, 0.3) is 5.91 Å². The maximum absolute atomic E-state index is 12.7. The van der Waals surface area contributed by atoms with Crippen LogP contribution in [0.4, 0.5) is 18.9 Å². The van der Waals surface area contributed by atoms with E-state index in [-0.39, 0.29) is 17.0 Å². The Kier molecular flexibility index (Phi) is 3.40. The van der Waals surface area contributed by atoms with Crippen molar-refractivity contribution in [2.75, 3.05) is 5.32 Å². The number of benzene rings is 1. The Morgan fingerprint density at radius 3 is 2.57 bits per heavy atom. The van der Waals surface area contributed by atoms with E-state index in [1.54, 1.807) is 12.4 Å². The van der Waals surface area contributed by atoms with Gasteiger partial charge in [-0.1, -0.05) is 0 Å². The second kappa shape index (κ2) is 5.27. The molecular weight excluding hydrogens is 313 g/mol. The molecule has 0 aliphatic heterocycles. The molecule has 0 unspecified atom stereocenters. The van der Waals surface area contributed by atoms with E-state index in [4.69, 9.17) is 0 Å². The van der Waals surface area contributed by atoms with Gasteiger partial charge in [-0.2, -0.15) is 13.2 Å². The highest BCUT2D eigenvalue weighted by Crippen LogP contribution is 2.34. The number of amides is 1. The van der Waals surface area contributed by atoms with Gasteiger partial charge in [0.1, 0.15) is 5.75 Å². The molecular formula is C14H9F3N4O2. The number of anilines is 1. The topological polar surface area (TPSA) is 79.5 Å². The number of nitrogens with zero attached hydrogens (tertiary/aromatic N) is 3. The van der Waals surface area contributed by atoms with Crippen molar-refractivity contribution in [3.05, 3.63) is 54.2 Å². The van der Waals surface area contributed by atoms with E-state index < -0.39 is 23.4 Å². The zero-order chi connectivity index (χ0) is 16.6. The summed E-state index contributed by atoms with van der Waals surface area (Å²) in [6.07, 6.45) is 1.38. The lowest BCUT2D eigenvalue weighted by atomic mass is 10.1. The summed E-state index contributed by atoms with van der Waals surface area (Å²) in [4.78, 5) is 20.1. The number of phenols is 1. The van der Waals surface area contributed by atoms with Crippen molar-refractivity contribution in [1.29, 1.82) is 0 Å². The highest BCUT2D eigenvalue weighted by atomic mass is 19.4. The Morgan fingerprint density at radius 2 is 1.87 bits per heavy atom. The van der Waals surface area contributed by atoms with Crippen LogP contribution in [0.3, 0.4) is 0 Å². The third-order valence-corrected chi connectivity index (χ3v) is 3.10. The van der Waals surface area contributed by atoms with E-state index in [2.05, 4.69) is 15.3 Å². The lowest BCUT2D eigenvalue weighted by Gasteiger charge is -2.11. The summed E-state index contributed by atoms with van der Waals surface area (Å²) in [6, 6.07) is 2.24. The van der Waals surface area contributed by atoms with Gasteiger partial charge in [-0.15, -0.1) is 0 Å². The van der Waals surface area contributed by atoms with E-state index >= 15 is 0 Å². The first-order valence-corrected chi connectivity index (χ1v) is 6.35. The van der Waals surface area contributed by atoms with E-state index in [9.17, 15) is 23.1 Å². The van der Waals surface area contributed by atoms with Gasteiger partial charge in [-0.25, -0.2) is 9.97 Å². The maximum Gasteiger partial charge on any atom is 0.416 e. The number of nitrogens with one attached hydrogen (secondary N) is 1. The molecule has 1 aromatic carbocycles. The van der Waals surface area contributed by atoms with Gasteiger partial charge in [0.15, 0.2) is 11.3 Å². The molecule has 3 aromatic rings. The molecule has 0 fully saturated rings. The quantitative estimate of drug-likeness (QED) is 0.711. The molecule has 3 rings (SSSR count). The summed E-state index contributed by atoms with van der Waals surface area (Å²) in [5.74, 6) is -1.27. The Morgan fingerprint density at radius 1 is 1.17 bits per heavy atom. The summed E-state index contributed by atoms with van der Waals surface area (Å²) in [7, 11) is 0. The van der Waals surface area contributed by atoms with Crippen molar-refractivity contribution < 1.29 is 23.1 Å². The van der Waals surface area contributed by atoms with Crippen LogP contribution in [0.2, 0.25) is 0 Å². The van der Waals surface area contributed by atoms with Gasteiger partial charge in [-0.3, -0.25) is 4.79 Å². The number of phenolic OH excluding ortho intramolecular Hbond substituents is 1. The molecule has 0 aliphatic rings. The Labute approximate surface area is 127 Å². The predicted octanol–water partition coefficient (Wildman–Crippen LogP) is 2.71. The molecule has 0 saturated heterocycles. The number of halogens is 3. The number of carbonyl (C=O) groups excluding carboxylic acids is 1. The monoisotopic (exact) mass is 322 g/mol. The number of alkyl halides is 3. The largest absolute Gasteiger partial charge is 0.506 e. The molecule has 118 valence electrons. The molecule has 0 radical (unpaired) electrons. The van der Waals surface area contributed by atoms with Crippen molar-refractivity contribution in [3.63, 3.8) is 0 Å². The van der Waals surface area contributed by atoms with Crippen molar-refractivity contribution in [3.8, 4) is 5.75 Å². The normalized spacial score (nSPS) is 11.6. The van der Waals surface area contributed by atoms with Crippen LogP contribution in [0.1, 0.15) is 16.1 Å². The van der Waals surface area contributed by atoms with E-state index in [0.29, 0.717) is 6.07 Å². The van der Waals surface area contributed by atoms with Gasteiger partial charge in [0.2, 0.25) is 0 Å². The summed E-state index contributed by atoms with van der Waals surface area (Å²) in [5, 5.41) is 11.9. The van der Waals surface area contributed by atoms with E-state index in [1.807, 2.05) is 0 Å². The zero-order valence-corrected chi connectivity index (χ0v) is 11.4. The predicted molar refractivity (Wildman–Crippen MR) is 74.0 cm³/mol. The zero-order valence-electron chi connectivity index (χ0n) is 11.4. The lowest BCUT2D eigenvalue weighted by molar-refractivity contribution is -0.137. The number of aromatic hydroxyl groups is 1. The summed E-state index contributed by atoms with van der Waals surface area (Å²) >= 11 is 0. The van der Waals surface area contributed by atoms with Gasteiger partial charge in [0, 0.05) is 24.8 Å². The van der Waals surface area contributed by atoms with Crippen LogP contribution in [0, 0.1) is 0 Å². The maximum atomic E-state index is 12.7. The fourth-order valence-electron chi connectivity index (χ4n) is 2.01. The van der Waals surface area contributed by atoms with Crippen LogP contribution in [0.25, 0.3) is 5.65 Å². The van der Waals surface area contributed by atoms with Gasteiger partial charge < -0.3 is 14.8 Å². The Hall–Kier alpha value is -3.10. The fourth-order valence-corrected chi connectivity index (χ4v) is 2.01. The van der Waals surface area contributed by atoms with Crippen molar-refractivity contribution in [2.45, 2.75) is 6.18 Å². The van der Waals surface area contributed by atoms with Crippen LogP contribution in [0.15, 0.2) is 43.0 Å². The number of hydrogen-bond acceptors (Lipinski definition) is 4.